The summed E-state index contributed by atoms with van der Waals surface area (Å²) in [7, 11) is 0. The van der Waals surface area contributed by atoms with Crippen LogP contribution in [0, 0.1) is 6.92 Å². The fraction of sp³-hybridized carbons (Fsp3) is 0.261. The largest absolute Gasteiger partial charge is 0.399 e. The maximum Gasteiger partial charge on any atom is 0.254 e. The van der Waals surface area contributed by atoms with E-state index in [2.05, 4.69) is 10.3 Å². The molecule has 1 atom stereocenters. The maximum atomic E-state index is 12.9. The minimum absolute atomic E-state index is 0.118. The van der Waals surface area contributed by atoms with Gasteiger partial charge in [-0.25, -0.2) is 4.98 Å². The standard InChI is InChI=1S/C23H24N4O2S/c1-15-21(30-14-26-15)17-9-7-16(8-10-17)13-25-22(28)20-6-3-11-27(20)23(29)18-4-2-5-19(24)12-18/h2,4-5,7-10,12,14,20H,3,6,11,13,24H2,1H3,(H,25,28). The first-order valence-corrected chi connectivity index (χ1v) is 10.8. The van der Waals surface area contributed by atoms with Crippen molar-refractivity contribution in [2.45, 2.75) is 32.4 Å². The molecule has 1 saturated heterocycles. The number of hydrogen-bond donors (Lipinski definition) is 2. The van der Waals surface area contributed by atoms with Gasteiger partial charge in [-0.2, -0.15) is 0 Å². The number of nitrogens with two attached hydrogens (primary N) is 1. The molecule has 0 radical (unpaired) electrons. The van der Waals surface area contributed by atoms with E-state index < -0.39 is 6.04 Å². The summed E-state index contributed by atoms with van der Waals surface area (Å²) >= 11 is 1.62. The molecule has 0 spiro atoms. The smallest absolute Gasteiger partial charge is 0.254 e. The van der Waals surface area contributed by atoms with Crippen LogP contribution >= 0.6 is 11.3 Å². The molecule has 0 saturated carbocycles. The molecule has 6 nitrogen and oxygen atoms in total. The predicted octanol–water partition coefficient (Wildman–Crippen LogP) is 3.62. The van der Waals surface area contributed by atoms with Crippen molar-refractivity contribution in [1.29, 1.82) is 0 Å². The Bertz CT molecular complexity index is 1060. The van der Waals surface area contributed by atoms with E-state index in [1.54, 1.807) is 40.5 Å². The topological polar surface area (TPSA) is 88.3 Å². The summed E-state index contributed by atoms with van der Waals surface area (Å²) in [5.41, 5.74) is 11.9. The second kappa shape index (κ2) is 8.67. The quantitative estimate of drug-likeness (QED) is 0.617. The van der Waals surface area contributed by atoms with Gasteiger partial charge < -0.3 is 16.0 Å². The van der Waals surface area contributed by atoms with Gasteiger partial charge in [0.25, 0.3) is 5.91 Å². The number of anilines is 1. The number of likely N-dealkylation sites (tertiary alicyclic amines) is 1. The van der Waals surface area contributed by atoms with E-state index in [-0.39, 0.29) is 11.8 Å². The third-order valence-corrected chi connectivity index (χ3v) is 6.36. The number of carbonyl (C=O) groups excluding carboxylic acids is 2. The third-order valence-electron chi connectivity index (χ3n) is 5.38. The highest BCUT2D eigenvalue weighted by atomic mass is 32.1. The molecular formula is C23H24N4O2S. The Balaban J connectivity index is 1.38. The molecule has 1 aliphatic rings. The van der Waals surface area contributed by atoms with Crippen LogP contribution in [-0.4, -0.2) is 34.3 Å². The summed E-state index contributed by atoms with van der Waals surface area (Å²) in [5, 5.41) is 2.99. The van der Waals surface area contributed by atoms with Gasteiger partial charge >= 0.3 is 0 Å². The van der Waals surface area contributed by atoms with E-state index >= 15 is 0 Å². The van der Waals surface area contributed by atoms with Crippen LogP contribution in [0.1, 0.15) is 34.5 Å². The first-order valence-electron chi connectivity index (χ1n) is 9.96. The number of amides is 2. The molecule has 1 aromatic heterocycles. The zero-order valence-electron chi connectivity index (χ0n) is 16.8. The lowest BCUT2D eigenvalue weighted by Gasteiger charge is -2.24. The van der Waals surface area contributed by atoms with Crippen molar-refractivity contribution in [3.63, 3.8) is 0 Å². The lowest BCUT2D eigenvalue weighted by Crippen LogP contribution is -2.45. The Morgan fingerprint density at radius 3 is 2.73 bits per heavy atom. The van der Waals surface area contributed by atoms with Gasteiger partial charge in [-0.15, -0.1) is 11.3 Å². The van der Waals surface area contributed by atoms with Gasteiger partial charge in [0.1, 0.15) is 6.04 Å². The highest BCUT2D eigenvalue weighted by molar-refractivity contribution is 7.13. The predicted molar refractivity (Wildman–Crippen MR) is 119 cm³/mol. The van der Waals surface area contributed by atoms with Gasteiger partial charge in [0.15, 0.2) is 0 Å². The maximum absolute atomic E-state index is 12.9. The number of nitrogens with zero attached hydrogens (tertiary/aromatic N) is 2. The van der Waals surface area contributed by atoms with Crippen LogP contribution in [-0.2, 0) is 11.3 Å². The summed E-state index contributed by atoms with van der Waals surface area (Å²) in [4.78, 5) is 32.7. The highest BCUT2D eigenvalue weighted by Gasteiger charge is 2.34. The molecule has 1 fully saturated rings. The van der Waals surface area contributed by atoms with Gasteiger partial charge in [-0.05, 0) is 49.1 Å². The minimum Gasteiger partial charge on any atom is -0.399 e. The van der Waals surface area contributed by atoms with E-state index in [4.69, 9.17) is 5.73 Å². The van der Waals surface area contributed by atoms with Crippen LogP contribution in [0.5, 0.6) is 0 Å². The van der Waals surface area contributed by atoms with Crippen molar-refractivity contribution in [2.75, 3.05) is 12.3 Å². The summed E-state index contributed by atoms with van der Waals surface area (Å²) in [6.07, 6.45) is 1.48. The van der Waals surface area contributed by atoms with Gasteiger partial charge in [0, 0.05) is 24.3 Å². The van der Waals surface area contributed by atoms with Crippen LogP contribution in [0.2, 0.25) is 0 Å². The molecule has 3 aromatic rings. The van der Waals surface area contributed by atoms with Gasteiger partial charge in [-0.3, -0.25) is 9.59 Å². The number of nitrogens with one attached hydrogen (secondary N) is 1. The fourth-order valence-corrected chi connectivity index (χ4v) is 4.59. The molecule has 2 heterocycles. The zero-order valence-corrected chi connectivity index (χ0v) is 17.6. The number of carbonyl (C=O) groups is 2. The van der Waals surface area contributed by atoms with E-state index in [0.717, 1.165) is 28.1 Å². The molecule has 3 N–H and O–H groups in total. The Morgan fingerprint density at radius 1 is 1.23 bits per heavy atom. The first-order chi connectivity index (χ1) is 14.5. The molecule has 30 heavy (non-hydrogen) atoms. The van der Waals surface area contributed by atoms with Crippen LogP contribution in [0.4, 0.5) is 5.69 Å². The van der Waals surface area contributed by atoms with Gasteiger partial charge in [0.05, 0.1) is 16.1 Å². The fourth-order valence-electron chi connectivity index (χ4n) is 3.78. The lowest BCUT2D eigenvalue weighted by molar-refractivity contribution is -0.125. The molecule has 4 rings (SSSR count). The number of nitrogen functional groups attached to an aromatic ring is 1. The Labute approximate surface area is 179 Å². The Hall–Kier alpha value is -3.19. The van der Waals surface area contributed by atoms with E-state index in [1.165, 1.54) is 0 Å². The second-order valence-electron chi connectivity index (χ2n) is 7.46. The number of hydrogen-bond acceptors (Lipinski definition) is 5. The number of aromatic nitrogens is 1. The molecule has 1 aliphatic heterocycles. The normalized spacial score (nSPS) is 15.9. The van der Waals surface area contributed by atoms with Crippen LogP contribution < -0.4 is 11.1 Å². The Kier molecular flexibility index (Phi) is 5.81. The number of aryl methyl sites for hydroxylation is 1. The minimum atomic E-state index is -0.446. The number of benzene rings is 2. The van der Waals surface area contributed by atoms with Crippen LogP contribution in [0.25, 0.3) is 10.4 Å². The van der Waals surface area contributed by atoms with E-state index in [1.807, 2.05) is 36.7 Å². The first kappa shape index (κ1) is 20.1. The lowest BCUT2D eigenvalue weighted by atomic mass is 10.1. The molecule has 0 bridgehead atoms. The van der Waals surface area contributed by atoms with E-state index in [0.29, 0.717) is 30.8 Å². The summed E-state index contributed by atoms with van der Waals surface area (Å²) < 4.78 is 0. The van der Waals surface area contributed by atoms with Crippen LogP contribution in [0.15, 0.2) is 54.0 Å². The zero-order chi connectivity index (χ0) is 21.1. The van der Waals surface area contributed by atoms with Crippen molar-refractivity contribution in [3.05, 3.63) is 70.9 Å². The SMILES string of the molecule is Cc1ncsc1-c1ccc(CNC(=O)C2CCCN2C(=O)c2cccc(N)c2)cc1. The molecular weight excluding hydrogens is 396 g/mol. The number of thiazole rings is 1. The molecule has 2 aromatic carbocycles. The molecule has 154 valence electrons. The third kappa shape index (κ3) is 4.21. The average molecular weight is 421 g/mol. The van der Waals surface area contributed by atoms with Gasteiger partial charge in [-0.1, -0.05) is 30.3 Å². The van der Waals surface area contributed by atoms with Gasteiger partial charge in [0.2, 0.25) is 5.91 Å². The summed E-state index contributed by atoms with van der Waals surface area (Å²) in [6.45, 7) is 3.00. The highest BCUT2D eigenvalue weighted by Crippen LogP contribution is 2.27. The molecule has 0 aliphatic carbocycles. The average Bonchev–Trinajstić information content (AvgIpc) is 3.41. The van der Waals surface area contributed by atoms with Crippen molar-refractivity contribution in [3.8, 4) is 10.4 Å². The molecule has 2 amide bonds. The monoisotopic (exact) mass is 420 g/mol. The molecule has 1 unspecified atom stereocenters. The summed E-state index contributed by atoms with van der Waals surface area (Å²) in [6, 6.07) is 14.6. The Morgan fingerprint density at radius 2 is 2.03 bits per heavy atom. The van der Waals surface area contributed by atoms with Crippen molar-refractivity contribution >= 4 is 28.8 Å². The summed E-state index contributed by atoms with van der Waals surface area (Å²) in [5.74, 6) is -0.267. The van der Waals surface area contributed by atoms with Crippen molar-refractivity contribution < 1.29 is 9.59 Å². The van der Waals surface area contributed by atoms with Crippen LogP contribution in [0.3, 0.4) is 0 Å². The second-order valence-corrected chi connectivity index (χ2v) is 8.32. The van der Waals surface area contributed by atoms with Crippen molar-refractivity contribution in [1.82, 2.24) is 15.2 Å². The van der Waals surface area contributed by atoms with Crippen molar-refractivity contribution in [2.24, 2.45) is 0 Å². The van der Waals surface area contributed by atoms with E-state index in [9.17, 15) is 9.59 Å². The number of rotatable bonds is 5. The molecule has 7 heteroatoms.